The first-order valence-corrected chi connectivity index (χ1v) is 5.94. The van der Waals surface area contributed by atoms with Crippen molar-refractivity contribution in [3.8, 4) is 5.75 Å². The first-order chi connectivity index (χ1) is 8.08. The van der Waals surface area contributed by atoms with E-state index in [1.165, 1.54) is 0 Å². The molecule has 1 aliphatic rings. The molecule has 0 bridgehead atoms. The van der Waals surface area contributed by atoms with Gasteiger partial charge in [0, 0.05) is 11.7 Å². The van der Waals surface area contributed by atoms with Crippen LogP contribution in [0.3, 0.4) is 0 Å². The van der Waals surface area contributed by atoms with Crippen LogP contribution in [0, 0.1) is 12.8 Å². The highest BCUT2D eigenvalue weighted by Gasteiger charge is 2.30. The van der Waals surface area contributed by atoms with Crippen LogP contribution in [0.1, 0.15) is 24.8 Å². The zero-order valence-corrected chi connectivity index (χ0v) is 9.94. The molecule has 4 N–H and O–H groups in total. The first-order valence-electron chi connectivity index (χ1n) is 5.94. The normalized spacial score (nSPS) is 23.6. The molecular weight excluding hydrogens is 216 g/mol. The average Bonchev–Trinajstić information content (AvgIpc) is 2.70. The second-order valence-electron chi connectivity index (χ2n) is 4.69. The van der Waals surface area contributed by atoms with Gasteiger partial charge in [0.25, 0.3) is 0 Å². The molecule has 1 aromatic carbocycles. The fraction of sp³-hybridized carbons (Fsp3) is 0.462. The lowest BCUT2D eigenvalue weighted by atomic mass is 10.0. The number of rotatable bonds is 2. The van der Waals surface area contributed by atoms with Gasteiger partial charge in [0.2, 0.25) is 5.91 Å². The number of carbonyl (C=O) groups excluding carboxylic acids is 1. The molecule has 0 aliphatic heterocycles. The van der Waals surface area contributed by atoms with Crippen LogP contribution >= 0.6 is 0 Å². The highest BCUT2D eigenvalue weighted by Crippen LogP contribution is 2.26. The predicted molar refractivity (Wildman–Crippen MR) is 66.8 cm³/mol. The molecule has 4 nitrogen and oxygen atoms in total. The minimum absolute atomic E-state index is 0.0138. The molecule has 1 saturated carbocycles. The zero-order valence-electron chi connectivity index (χ0n) is 9.94. The van der Waals surface area contributed by atoms with Crippen LogP contribution in [0.4, 0.5) is 5.69 Å². The number of phenolic OH excluding ortho intramolecular Hbond substituents is 1. The lowest BCUT2D eigenvalue weighted by molar-refractivity contribution is -0.120. The van der Waals surface area contributed by atoms with Gasteiger partial charge in [-0.25, -0.2) is 0 Å². The van der Waals surface area contributed by atoms with Gasteiger partial charge in [0.05, 0.1) is 5.92 Å². The van der Waals surface area contributed by atoms with Crippen molar-refractivity contribution in [2.45, 2.75) is 32.2 Å². The maximum Gasteiger partial charge on any atom is 0.229 e. The van der Waals surface area contributed by atoms with Crippen molar-refractivity contribution in [2.24, 2.45) is 11.7 Å². The number of aryl methyl sites for hydroxylation is 1. The Kier molecular flexibility index (Phi) is 3.33. The van der Waals surface area contributed by atoms with E-state index in [1.807, 2.05) is 0 Å². The van der Waals surface area contributed by atoms with E-state index >= 15 is 0 Å². The van der Waals surface area contributed by atoms with E-state index in [0.717, 1.165) is 24.8 Å². The molecule has 0 aromatic heterocycles. The standard InChI is InChI=1S/C13H18N2O2/c1-8-7-9(5-6-12(8)16)15-13(17)10-3-2-4-11(10)14/h5-7,10-11,16H,2-4,14H2,1H3,(H,15,17). The molecule has 4 heteroatoms. The minimum atomic E-state index is -0.0795. The quantitative estimate of drug-likeness (QED) is 0.682. The summed E-state index contributed by atoms with van der Waals surface area (Å²) in [5, 5.41) is 12.3. The van der Waals surface area contributed by atoms with Gasteiger partial charge in [-0.1, -0.05) is 6.42 Å². The van der Waals surface area contributed by atoms with Crippen molar-refractivity contribution in [2.75, 3.05) is 5.32 Å². The number of aromatic hydroxyl groups is 1. The largest absolute Gasteiger partial charge is 0.508 e. The monoisotopic (exact) mass is 234 g/mol. The number of hydrogen-bond acceptors (Lipinski definition) is 3. The van der Waals surface area contributed by atoms with Crippen LogP contribution in [0.15, 0.2) is 18.2 Å². The number of anilines is 1. The van der Waals surface area contributed by atoms with Crippen molar-refractivity contribution in [3.05, 3.63) is 23.8 Å². The highest BCUT2D eigenvalue weighted by molar-refractivity contribution is 5.93. The SMILES string of the molecule is Cc1cc(NC(=O)C2CCCC2N)ccc1O. The van der Waals surface area contributed by atoms with Crippen molar-refractivity contribution in [1.82, 2.24) is 0 Å². The Morgan fingerprint density at radius 2 is 2.24 bits per heavy atom. The zero-order chi connectivity index (χ0) is 12.4. The number of carbonyl (C=O) groups is 1. The van der Waals surface area contributed by atoms with E-state index in [-0.39, 0.29) is 23.6 Å². The number of amides is 1. The molecule has 2 atom stereocenters. The smallest absolute Gasteiger partial charge is 0.229 e. The fourth-order valence-corrected chi connectivity index (χ4v) is 2.28. The Balaban J connectivity index is 2.05. The highest BCUT2D eigenvalue weighted by atomic mass is 16.3. The van der Waals surface area contributed by atoms with Crippen molar-refractivity contribution >= 4 is 11.6 Å². The summed E-state index contributed by atoms with van der Waals surface area (Å²) in [6, 6.07) is 5.02. The Morgan fingerprint density at radius 1 is 1.47 bits per heavy atom. The Hall–Kier alpha value is -1.55. The van der Waals surface area contributed by atoms with E-state index in [9.17, 15) is 9.90 Å². The summed E-state index contributed by atoms with van der Waals surface area (Å²) in [5.41, 5.74) is 7.35. The number of phenols is 1. The third-order valence-electron chi connectivity index (χ3n) is 3.37. The molecule has 1 aromatic rings. The van der Waals surface area contributed by atoms with Gasteiger partial charge in [0.15, 0.2) is 0 Å². The van der Waals surface area contributed by atoms with E-state index in [2.05, 4.69) is 5.32 Å². The van der Waals surface area contributed by atoms with E-state index in [0.29, 0.717) is 5.69 Å². The van der Waals surface area contributed by atoms with Crippen LogP contribution in [-0.2, 0) is 4.79 Å². The van der Waals surface area contributed by atoms with Gasteiger partial charge >= 0.3 is 0 Å². The van der Waals surface area contributed by atoms with Crippen molar-refractivity contribution in [1.29, 1.82) is 0 Å². The van der Waals surface area contributed by atoms with E-state index < -0.39 is 0 Å². The summed E-state index contributed by atoms with van der Waals surface area (Å²) in [6.45, 7) is 1.80. The summed E-state index contributed by atoms with van der Waals surface area (Å²) in [7, 11) is 0. The van der Waals surface area contributed by atoms with Gasteiger partial charge in [-0.15, -0.1) is 0 Å². The molecule has 1 aliphatic carbocycles. The molecule has 0 radical (unpaired) electrons. The topological polar surface area (TPSA) is 75.4 Å². The first kappa shape index (κ1) is 11.9. The number of benzene rings is 1. The summed E-state index contributed by atoms with van der Waals surface area (Å²) < 4.78 is 0. The lowest BCUT2D eigenvalue weighted by Gasteiger charge is -2.15. The third kappa shape index (κ3) is 2.58. The summed E-state index contributed by atoms with van der Waals surface area (Å²) >= 11 is 0. The van der Waals surface area contributed by atoms with E-state index in [1.54, 1.807) is 25.1 Å². The second kappa shape index (κ2) is 4.75. The van der Waals surface area contributed by atoms with Gasteiger partial charge < -0.3 is 16.2 Å². The molecule has 2 unspecified atom stereocenters. The maximum absolute atomic E-state index is 12.0. The van der Waals surface area contributed by atoms with Crippen LogP contribution < -0.4 is 11.1 Å². The molecule has 2 rings (SSSR count). The van der Waals surface area contributed by atoms with Crippen LogP contribution in [-0.4, -0.2) is 17.1 Å². The molecule has 0 heterocycles. The second-order valence-corrected chi connectivity index (χ2v) is 4.69. The summed E-state index contributed by atoms with van der Waals surface area (Å²) in [5.74, 6) is 0.143. The third-order valence-corrected chi connectivity index (χ3v) is 3.37. The van der Waals surface area contributed by atoms with Crippen LogP contribution in [0.5, 0.6) is 5.75 Å². The van der Waals surface area contributed by atoms with E-state index in [4.69, 9.17) is 5.73 Å². The van der Waals surface area contributed by atoms with Gasteiger partial charge in [-0.2, -0.15) is 0 Å². The Labute approximate surface area is 101 Å². The summed E-state index contributed by atoms with van der Waals surface area (Å²) in [4.78, 5) is 12.0. The molecule has 0 saturated heterocycles. The molecule has 0 spiro atoms. The van der Waals surface area contributed by atoms with Crippen LogP contribution in [0.2, 0.25) is 0 Å². The average molecular weight is 234 g/mol. The number of nitrogens with two attached hydrogens (primary N) is 1. The molecule has 17 heavy (non-hydrogen) atoms. The van der Waals surface area contributed by atoms with Crippen molar-refractivity contribution < 1.29 is 9.90 Å². The predicted octanol–water partition coefficient (Wildman–Crippen LogP) is 1.77. The summed E-state index contributed by atoms with van der Waals surface area (Å²) in [6.07, 6.45) is 2.81. The van der Waals surface area contributed by atoms with Gasteiger partial charge in [-0.05, 0) is 43.5 Å². The molecule has 1 amide bonds. The Bertz CT molecular complexity index is 431. The maximum atomic E-state index is 12.0. The molecular formula is C13H18N2O2. The Morgan fingerprint density at radius 3 is 2.82 bits per heavy atom. The van der Waals surface area contributed by atoms with Crippen LogP contribution in [0.25, 0.3) is 0 Å². The lowest BCUT2D eigenvalue weighted by Crippen LogP contribution is -2.34. The molecule has 92 valence electrons. The fourth-order valence-electron chi connectivity index (χ4n) is 2.28. The number of hydrogen-bond donors (Lipinski definition) is 3. The number of nitrogens with one attached hydrogen (secondary N) is 1. The molecule has 1 fully saturated rings. The minimum Gasteiger partial charge on any atom is -0.508 e. The van der Waals surface area contributed by atoms with Gasteiger partial charge in [-0.3, -0.25) is 4.79 Å². The van der Waals surface area contributed by atoms with Gasteiger partial charge in [0.1, 0.15) is 5.75 Å². The van der Waals surface area contributed by atoms with Crippen molar-refractivity contribution in [3.63, 3.8) is 0 Å².